The van der Waals surface area contributed by atoms with Gasteiger partial charge >= 0.3 is 0 Å². The first-order valence-corrected chi connectivity index (χ1v) is 6.86. The normalized spacial score (nSPS) is 11.3. The van der Waals surface area contributed by atoms with Crippen LogP contribution in [0.25, 0.3) is 0 Å². The van der Waals surface area contributed by atoms with Crippen molar-refractivity contribution in [3.05, 3.63) is 39.7 Å². The van der Waals surface area contributed by atoms with Crippen LogP contribution in [0.3, 0.4) is 0 Å². The second kappa shape index (κ2) is 6.13. The molecule has 2 aromatic rings. The second-order valence-corrected chi connectivity index (χ2v) is 5.37. The minimum atomic E-state index is 0.774. The molecular weight excluding hydrogens is 246 g/mol. The maximum absolute atomic E-state index is 5.47. The fourth-order valence-corrected chi connectivity index (χ4v) is 2.75. The molecule has 0 saturated carbocycles. The van der Waals surface area contributed by atoms with Gasteiger partial charge in [-0.3, -0.25) is 4.90 Å². The van der Waals surface area contributed by atoms with E-state index in [1.54, 1.807) is 17.6 Å². The summed E-state index contributed by atoms with van der Waals surface area (Å²) in [5.74, 6) is 1.02. The number of rotatable bonds is 6. The number of hydrogen-bond donors (Lipinski definition) is 1. The van der Waals surface area contributed by atoms with E-state index in [1.807, 2.05) is 18.6 Å². The van der Waals surface area contributed by atoms with Crippen LogP contribution in [0.2, 0.25) is 0 Å². The zero-order valence-electron chi connectivity index (χ0n) is 11.1. The Morgan fingerprint density at radius 1 is 1.44 bits per heavy atom. The lowest BCUT2D eigenvalue weighted by atomic mass is 10.2. The molecule has 0 amide bonds. The van der Waals surface area contributed by atoms with Crippen LogP contribution in [-0.2, 0) is 19.6 Å². The molecule has 2 heterocycles. The zero-order chi connectivity index (χ0) is 13.0. The predicted molar refractivity (Wildman–Crippen MR) is 73.5 cm³/mol. The lowest BCUT2D eigenvalue weighted by molar-refractivity contribution is 0.317. The van der Waals surface area contributed by atoms with Crippen molar-refractivity contribution in [3.63, 3.8) is 0 Å². The summed E-state index contributed by atoms with van der Waals surface area (Å²) in [6.07, 6.45) is 1.76. The van der Waals surface area contributed by atoms with Crippen LogP contribution in [0, 0.1) is 6.92 Å². The largest absolute Gasteiger partial charge is 0.468 e. The molecule has 18 heavy (non-hydrogen) atoms. The van der Waals surface area contributed by atoms with E-state index in [-0.39, 0.29) is 0 Å². The average Bonchev–Trinajstić information content (AvgIpc) is 2.91. The SMILES string of the molecule is CNCc1occc1CN(C)Cc1scnc1C. The van der Waals surface area contributed by atoms with E-state index in [1.165, 1.54) is 10.4 Å². The molecule has 4 nitrogen and oxygen atoms in total. The van der Waals surface area contributed by atoms with Gasteiger partial charge in [-0.2, -0.15) is 0 Å². The topological polar surface area (TPSA) is 41.3 Å². The number of aryl methyl sites for hydroxylation is 1. The highest BCUT2D eigenvalue weighted by Gasteiger charge is 2.10. The summed E-state index contributed by atoms with van der Waals surface area (Å²) in [6.45, 7) is 4.66. The molecule has 0 saturated heterocycles. The van der Waals surface area contributed by atoms with Crippen molar-refractivity contribution in [1.82, 2.24) is 15.2 Å². The van der Waals surface area contributed by atoms with E-state index in [4.69, 9.17) is 4.42 Å². The molecule has 0 aliphatic rings. The molecule has 0 aliphatic heterocycles. The summed E-state index contributed by atoms with van der Waals surface area (Å²) in [4.78, 5) is 7.89. The minimum Gasteiger partial charge on any atom is -0.468 e. The molecule has 98 valence electrons. The van der Waals surface area contributed by atoms with Gasteiger partial charge in [0.15, 0.2) is 0 Å². The molecule has 0 fully saturated rings. The van der Waals surface area contributed by atoms with Crippen LogP contribution in [0.4, 0.5) is 0 Å². The summed E-state index contributed by atoms with van der Waals surface area (Å²) in [5, 5.41) is 3.12. The van der Waals surface area contributed by atoms with Crippen LogP contribution < -0.4 is 5.32 Å². The van der Waals surface area contributed by atoms with Gasteiger partial charge in [-0.15, -0.1) is 11.3 Å². The highest BCUT2D eigenvalue weighted by atomic mass is 32.1. The first kappa shape index (κ1) is 13.3. The average molecular weight is 265 g/mol. The standard InChI is InChI=1S/C13H19N3OS/c1-10-13(18-9-15-10)8-16(3)7-11-4-5-17-12(11)6-14-2/h4-5,9,14H,6-8H2,1-3H3. The summed E-state index contributed by atoms with van der Waals surface area (Å²) in [7, 11) is 4.05. The molecule has 0 spiro atoms. The quantitative estimate of drug-likeness (QED) is 0.871. The number of thiazole rings is 1. The van der Waals surface area contributed by atoms with E-state index >= 15 is 0 Å². The first-order chi connectivity index (χ1) is 8.70. The zero-order valence-corrected chi connectivity index (χ0v) is 11.9. The molecule has 5 heteroatoms. The van der Waals surface area contributed by atoms with Gasteiger partial charge in [-0.05, 0) is 27.1 Å². The Kier molecular flexibility index (Phi) is 4.52. The molecular formula is C13H19N3OS. The fourth-order valence-electron chi connectivity index (χ4n) is 1.89. The summed E-state index contributed by atoms with van der Waals surface area (Å²) < 4.78 is 5.47. The predicted octanol–water partition coefficient (Wildman–Crippen LogP) is 2.40. The van der Waals surface area contributed by atoms with Gasteiger partial charge in [0.25, 0.3) is 0 Å². The van der Waals surface area contributed by atoms with Crippen LogP contribution in [-0.4, -0.2) is 24.0 Å². The summed E-state index contributed by atoms with van der Waals surface area (Å²) in [6, 6.07) is 2.04. The van der Waals surface area contributed by atoms with Gasteiger partial charge in [-0.1, -0.05) is 0 Å². The number of nitrogens with zero attached hydrogens (tertiary/aromatic N) is 2. The molecule has 2 rings (SSSR count). The molecule has 0 aliphatic carbocycles. The van der Waals surface area contributed by atoms with Crippen LogP contribution in [0.15, 0.2) is 22.3 Å². The Morgan fingerprint density at radius 3 is 2.94 bits per heavy atom. The molecule has 0 aromatic carbocycles. The lowest BCUT2D eigenvalue weighted by Crippen LogP contribution is -2.18. The highest BCUT2D eigenvalue weighted by Crippen LogP contribution is 2.17. The molecule has 0 atom stereocenters. The van der Waals surface area contributed by atoms with Crippen molar-refractivity contribution in [2.24, 2.45) is 0 Å². The van der Waals surface area contributed by atoms with Gasteiger partial charge in [0.05, 0.1) is 24.0 Å². The third-order valence-corrected chi connectivity index (χ3v) is 3.79. The van der Waals surface area contributed by atoms with Gasteiger partial charge in [0.2, 0.25) is 0 Å². The number of aromatic nitrogens is 1. The van der Waals surface area contributed by atoms with Crippen LogP contribution in [0.5, 0.6) is 0 Å². The Morgan fingerprint density at radius 2 is 2.28 bits per heavy atom. The van der Waals surface area contributed by atoms with Crippen molar-refractivity contribution in [2.45, 2.75) is 26.6 Å². The highest BCUT2D eigenvalue weighted by molar-refractivity contribution is 7.09. The smallest absolute Gasteiger partial charge is 0.122 e. The Bertz CT molecular complexity index is 492. The van der Waals surface area contributed by atoms with Gasteiger partial charge in [0, 0.05) is 23.5 Å². The summed E-state index contributed by atoms with van der Waals surface area (Å²) in [5.41, 5.74) is 4.28. The minimum absolute atomic E-state index is 0.774. The fraction of sp³-hybridized carbons (Fsp3) is 0.462. The molecule has 0 unspecified atom stereocenters. The Hall–Kier alpha value is -1.17. The Labute approximate surface area is 112 Å². The van der Waals surface area contributed by atoms with Crippen molar-refractivity contribution >= 4 is 11.3 Å². The lowest BCUT2D eigenvalue weighted by Gasteiger charge is -2.15. The Balaban J connectivity index is 1.96. The first-order valence-electron chi connectivity index (χ1n) is 5.98. The van der Waals surface area contributed by atoms with Crippen LogP contribution >= 0.6 is 11.3 Å². The third kappa shape index (κ3) is 3.19. The van der Waals surface area contributed by atoms with Crippen molar-refractivity contribution < 1.29 is 4.42 Å². The second-order valence-electron chi connectivity index (χ2n) is 4.43. The molecule has 0 bridgehead atoms. The number of furan rings is 1. The van der Waals surface area contributed by atoms with E-state index in [0.29, 0.717) is 0 Å². The molecule has 1 N–H and O–H groups in total. The monoisotopic (exact) mass is 265 g/mol. The number of nitrogens with one attached hydrogen (secondary N) is 1. The van der Waals surface area contributed by atoms with Gasteiger partial charge in [0.1, 0.15) is 5.76 Å². The number of hydrogen-bond acceptors (Lipinski definition) is 5. The van der Waals surface area contributed by atoms with E-state index in [0.717, 1.165) is 31.1 Å². The van der Waals surface area contributed by atoms with Gasteiger partial charge in [-0.25, -0.2) is 4.98 Å². The maximum Gasteiger partial charge on any atom is 0.122 e. The van der Waals surface area contributed by atoms with Crippen LogP contribution in [0.1, 0.15) is 21.9 Å². The van der Waals surface area contributed by atoms with E-state index in [2.05, 4.69) is 29.2 Å². The third-order valence-electron chi connectivity index (χ3n) is 2.87. The van der Waals surface area contributed by atoms with Crippen molar-refractivity contribution in [3.8, 4) is 0 Å². The summed E-state index contributed by atoms with van der Waals surface area (Å²) >= 11 is 1.72. The maximum atomic E-state index is 5.47. The van der Waals surface area contributed by atoms with E-state index in [9.17, 15) is 0 Å². The van der Waals surface area contributed by atoms with Gasteiger partial charge < -0.3 is 9.73 Å². The van der Waals surface area contributed by atoms with Crippen molar-refractivity contribution in [1.29, 1.82) is 0 Å². The molecule has 2 aromatic heterocycles. The molecule has 0 radical (unpaired) electrons. The van der Waals surface area contributed by atoms with Crippen molar-refractivity contribution in [2.75, 3.05) is 14.1 Å². The van der Waals surface area contributed by atoms with E-state index < -0.39 is 0 Å².